The Balaban J connectivity index is 1.48. The number of benzene rings is 3. The normalized spacial score (nSPS) is 14.5. The molecule has 31 heavy (non-hydrogen) atoms. The summed E-state index contributed by atoms with van der Waals surface area (Å²) in [5, 5.41) is 2.75. The predicted octanol–water partition coefficient (Wildman–Crippen LogP) is 2.78. The molecule has 1 aliphatic heterocycles. The van der Waals surface area contributed by atoms with Crippen molar-refractivity contribution in [3.63, 3.8) is 0 Å². The van der Waals surface area contributed by atoms with Crippen LogP contribution in [-0.2, 0) is 4.79 Å². The van der Waals surface area contributed by atoms with Crippen molar-refractivity contribution in [2.24, 2.45) is 0 Å². The fourth-order valence-electron chi connectivity index (χ4n) is 4.36. The molecule has 1 aliphatic rings. The Labute approximate surface area is 183 Å². The summed E-state index contributed by atoms with van der Waals surface area (Å²) >= 11 is 0. The van der Waals surface area contributed by atoms with Crippen LogP contribution in [0.1, 0.15) is 34.5 Å². The third-order valence-electron chi connectivity index (χ3n) is 5.80. The molecule has 0 aliphatic carbocycles. The van der Waals surface area contributed by atoms with Crippen molar-refractivity contribution in [3.8, 4) is 0 Å². The summed E-state index contributed by atoms with van der Waals surface area (Å²) < 4.78 is 0. The number of carbonyl (C=O) groups excluding carboxylic acids is 2. The van der Waals surface area contributed by atoms with E-state index in [9.17, 15) is 9.59 Å². The number of nitrogens with one attached hydrogen (secondary N) is 2. The average Bonchev–Trinajstić information content (AvgIpc) is 2.80. The molecule has 3 aromatic rings. The lowest BCUT2D eigenvalue weighted by molar-refractivity contribution is -0.929. The molecule has 1 heterocycles. The second-order valence-corrected chi connectivity index (χ2v) is 7.97. The standard InChI is InChI=1S/C26H27N3O2/c1-20(30)27-24-14-8-13-23(19-24)26(31)29-17-15-28(16-18-29)25(21-9-4-2-5-10-21)22-11-6-3-7-12-22/h2-14,19,25H,15-18H2,1H3,(H,27,30)/p+1. The largest absolute Gasteiger partial charge is 0.327 e. The molecule has 3 aromatic carbocycles. The minimum Gasteiger partial charge on any atom is -0.327 e. The molecular weight excluding hydrogens is 386 g/mol. The monoisotopic (exact) mass is 414 g/mol. The summed E-state index contributed by atoms with van der Waals surface area (Å²) in [6.45, 7) is 4.63. The molecule has 1 fully saturated rings. The topological polar surface area (TPSA) is 53.9 Å². The van der Waals surface area contributed by atoms with Crippen LogP contribution >= 0.6 is 0 Å². The van der Waals surface area contributed by atoms with Crippen molar-refractivity contribution in [2.45, 2.75) is 13.0 Å². The summed E-state index contributed by atoms with van der Waals surface area (Å²) in [6.07, 6.45) is 0. The lowest BCUT2D eigenvalue weighted by atomic mass is 9.96. The molecule has 0 atom stereocenters. The summed E-state index contributed by atoms with van der Waals surface area (Å²) in [5.74, 6) is -0.128. The van der Waals surface area contributed by atoms with Gasteiger partial charge in [0.2, 0.25) is 5.91 Å². The van der Waals surface area contributed by atoms with Crippen molar-refractivity contribution in [1.82, 2.24) is 4.90 Å². The number of piperazine rings is 1. The van der Waals surface area contributed by atoms with Gasteiger partial charge in [-0.15, -0.1) is 0 Å². The van der Waals surface area contributed by atoms with Gasteiger partial charge in [-0.3, -0.25) is 9.59 Å². The van der Waals surface area contributed by atoms with E-state index in [1.807, 2.05) is 23.1 Å². The molecule has 2 amide bonds. The molecule has 5 nitrogen and oxygen atoms in total. The van der Waals surface area contributed by atoms with Gasteiger partial charge in [-0.05, 0) is 18.2 Å². The second kappa shape index (κ2) is 9.58. The number of rotatable bonds is 5. The van der Waals surface area contributed by atoms with E-state index in [-0.39, 0.29) is 17.9 Å². The summed E-state index contributed by atoms with van der Waals surface area (Å²) in [7, 11) is 0. The van der Waals surface area contributed by atoms with Crippen molar-refractivity contribution < 1.29 is 14.5 Å². The Bertz CT molecular complexity index is 989. The maximum absolute atomic E-state index is 13.1. The minimum atomic E-state index is -0.144. The Hall–Kier alpha value is -3.44. The number of quaternary nitrogens is 1. The van der Waals surface area contributed by atoms with Crippen LogP contribution in [0.15, 0.2) is 84.9 Å². The predicted molar refractivity (Wildman–Crippen MR) is 122 cm³/mol. The first kappa shape index (κ1) is 20.8. The number of anilines is 1. The number of hydrogen-bond donors (Lipinski definition) is 2. The Kier molecular flexibility index (Phi) is 6.43. The quantitative estimate of drug-likeness (QED) is 0.675. The Morgan fingerprint density at radius 3 is 1.97 bits per heavy atom. The molecule has 2 N–H and O–H groups in total. The van der Waals surface area contributed by atoms with Gasteiger partial charge in [0.05, 0.1) is 26.2 Å². The van der Waals surface area contributed by atoms with Gasteiger partial charge in [0.15, 0.2) is 0 Å². The van der Waals surface area contributed by atoms with Crippen LogP contribution in [0.25, 0.3) is 0 Å². The highest BCUT2D eigenvalue weighted by molar-refractivity contribution is 5.96. The first-order valence-electron chi connectivity index (χ1n) is 10.7. The van der Waals surface area contributed by atoms with Crippen molar-refractivity contribution in [1.29, 1.82) is 0 Å². The van der Waals surface area contributed by atoms with Gasteiger partial charge in [-0.25, -0.2) is 0 Å². The maximum Gasteiger partial charge on any atom is 0.254 e. The fraction of sp³-hybridized carbons (Fsp3) is 0.231. The highest BCUT2D eigenvalue weighted by Gasteiger charge is 2.31. The van der Waals surface area contributed by atoms with E-state index in [4.69, 9.17) is 0 Å². The molecule has 0 spiro atoms. The Morgan fingerprint density at radius 1 is 0.839 bits per heavy atom. The van der Waals surface area contributed by atoms with E-state index in [2.05, 4.69) is 53.8 Å². The van der Waals surface area contributed by atoms with Crippen LogP contribution in [0.4, 0.5) is 5.69 Å². The van der Waals surface area contributed by atoms with Gasteiger partial charge < -0.3 is 15.1 Å². The molecule has 5 heteroatoms. The van der Waals surface area contributed by atoms with Gasteiger partial charge in [-0.2, -0.15) is 0 Å². The SMILES string of the molecule is CC(=O)Nc1cccc(C(=O)N2CC[NH+](C(c3ccccc3)c3ccccc3)CC2)c1. The van der Waals surface area contributed by atoms with Crippen LogP contribution in [0.5, 0.6) is 0 Å². The number of hydrogen-bond acceptors (Lipinski definition) is 2. The lowest BCUT2D eigenvalue weighted by Crippen LogP contribution is -3.15. The average molecular weight is 415 g/mol. The molecule has 158 valence electrons. The first-order valence-corrected chi connectivity index (χ1v) is 10.7. The zero-order valence-electron chi connectivity index (χ0n) is 17.8. The molecule has 0 aromatic heterocycles. The van der Waals surface area contributed by atoms with Gasteiger partial charge in [-0.1, -0.05) is 66.7 Å². The highest BCUT2D eigenvalue weighted by atomic mass is 16.2. The zero-order valence-corrected chi connectivity index (χ0v) is 17.8. The van der Waals surface area contributed by atoms with E-state index in [1.165, 1.54) is 23.0 Å². The molecular formula is C26H28N3O2+. The lowest BCUT2D eigenvalue weighted by Gasteiger charge is -2.37. The summed E-state index contributed by atoms with van der Waals surface area (Å²) in [5.41, 5.74) is 3.85. The molecule has 4 rings (SSSR count). The number of carbonyl (C=O) groups is 2. The maximum atomic E-state index is 13.1. The zero-order chi connectivity index (χ0) is 21.6. The van der Waals surface area contributed by atoms with E-state index >= 15 is 0 Å². The minimum absolute atomic E-state index is 0.0159. The van der Waals surface area contributed by atoms with Crippen LogP contribution in [0.2, 0.25) is 0 Å². The smallest absolute Gasteiger partial charge is 0.254 e. The van der Waals surface area contributed by atoms with Gasteiger partial charge in [0, 0.05) is 29.3 Å². The number of nitrogens with zero attached hydrogens (tertiary/aromatic N) is 1. The first-order chi connectivity index (χ1) is 15.1. The fourth-order valence-corrected chi connectivity index (χ4v) is 4.36. The van der Waals surface area contributed by atoms with E-state index in [1.54, 1.807) is 18.2 Å². The third kappa shape index (κ3) is 5.01. The summed E-state index contributed by atoms with van der Waals surface area (Å²) in [6, 6.07) is 28.6. The molecule has 1 saturated heterocycles. The third-order valence-corrected chi connectivity index (χ3v) is 5.80. The van der Waals surface area contributed by atoms with Crippen molar-refractivity contribution in [3.05, 3.63) is 102 Å². The van der Waals surface area contributed by atoms with Crippen molar-refractivity contribution in [2.75, 3.05) is 31.5 Å². The Morgan fingerprint density at radius 2 is 1.42 bits per heavy atom. The number of amides is 2. The van der Waals surface area contributed by atoms with Gasteiger partial charge in [0.1, 0.15) is 6.04 Å². The van der Waals surface area contributed by atoms with Crippen LogP contribution in [0.3, 0.4) is 0 Å². The molecule has 0 bridgehead atoms. The molecule has 0 radical (unpaired) electrons. The van der Waals surface area contributed by atoms with E-state index in [0.29, 0.717) is 24.3 Å². The molecule has 0 saturated carbocycles. The molecule has 0 unspecified atom stereocenters. The van der Waals surface area contributed by atoms with E-state index < -0.39 is 0 Å². The van der Waals surface area contributed by atoms with Gasteiger partial charge in [0.25, 0.3) is 5.91 Å². The van der Waals surface area contributed by atoms with Crippen LogP contribution in [0, 0.1) is 0 Å². The highest BCUT2D eigenvalue weighted by Crippen LogP contribution is 2.20. The van der Waals surface area contributed by atoms with E-state index in [0.717, 1.165) is 13.1 Å². The van der Waals surface area contributed by atoms with Gasteiger partial charge >= 0.3 is 0 Å². The van der Waals surface area contributed by atoms with Crippen LogP contribution in [-0.4, -0.2) is 42.9 Å². The summed E-state index contributed by atoms with van der Waals surface area (Å²) in [4.78, 5) is 27.8. The second-order valence-electron chi connectivity index (χ2n) is 7.97. The van der Waals surface area contributed by atoms with Crippen LogP contribution < -0.4 is 10.2 Å². The van der Waals surface area contributed by atoms with Crippen molar-refractivity contribution >= 4 is 17.5 Å².